The molecule has 10 heteroatoms. The number of aryl methyl sites for hydroxylation is 1. The first kappa shape index (κ1) is 23.4. The van der Waals surface area contributed by atoms with Crippen molar-refractivity contribution in [1.82, 2.24) is 4.57 Å². The molecule has 0 atom stereocenters. The maximum absolute atomic E-state index is 13.4. The van der Waals surface area contributed by atoms with Gasteiger partial charge >= 0.3 is 5.63 Å². The van der Waals surface area contributed by atoms with Crippen LogP contribution in [0, 0.1) is 0 Å². The van der Waals surface area contributed by atoms with Crippen molar-refractivity contribution in [3.05, 3.63) is 52.4 Å². The molecule has 5 aromatic rings. The lowest BCUT2D eigenvalue weighted by molar-refractivity contribution is 0.348. The highest BCUT2D eigenvalue weighted by atomic mass is 16.5. The van der Waals surface area contributed by atoms with Gasteiger partial charge in [-0.05, 0) is 36.2 Å². The number of fused-ring (bicyclic) bond motifs is 7. The fraction of sp³-hybridized carbons (Fsp3) is 0.179. The van der Waals surface area contributed by atoms with Crippen molar-refractivity contribution in [2.24, 2.45) is 0 Å². The second kappa shape index (κ2) is 8.27. The molecule has 3 heterocycles. The highest BCUT2D eigenvalue weighted by Gasteiger charge is 2.32. The van der Waals surface area contributed by atoms with Crippen molar-refractivity contribution in [2.75, 3.05) is 21.3 Å². The maximum atomic E-state index is 13.4. The summed E-state index contributed by atoms with van der Waals surface area (Å²) in [6, 6.07) is 9.40. The Bertz CT molecular complexity index is 1850. The Morgan fingerprint density at radius 3 is 2.24 bits per heavy atom. The summed E-state index contributed by atoms with van der Waals surface area (Å²) in [6.07, 6.45) is 0.319. The fourth-order valence-corrected chi connectivity index (χ4v) is 5.38. The summed E-state index contributed by atoms with van der Waals surface area (Å²) in [7, 11) is 4.24. The molecule has 0 saturated heterocycles. The van der Waals surface area contributed by atoms with E-state index in [1.807, 2.05) is 0 Å². The molecule has 1 aliphatic heterocycles. The lowest BCUT2D eigenvalue weighted by atomic mass is 9.91. The number of hydrogen-bond acceptors (Lipinski definition) is 9. The number of nitrogens with zero attached hydrogens (tertiary/aromatic N) is 1. The van der Waals surface area contributed by atoms with E-state index in [0.29, 0.717) is 51.7 Å². The summed E-state index contributed by atoms with van der Waals surface area (Å²) in [6.45, 7) is 0.297. The molecule has 194 valence electrons. The molecule has 0 aliphatic carbocycles. The van der Waals surface area contributed by atoms with Gasteiger partial charge in [0.05, 0.1) is 27.0 Å². The molecule has 38 heavy (non-hydrogen) atoms. The number of phenolic OH excluding ortho intramolecular Hbond substituents is 4. The highest BCUT2D eigenvalue weighted by Crippen LogP contribution is 2.52. The normalized spacial score (nSPS) is 12.4. The van der Waals surface area contributed by atoms with Crippen LogP contribution in [0.4, 0.5) is 0 Å². The number of methoxy groups -OCH3 is 3. The van der Waals surface area contributed by atoms with Gasteiger partial charge in [-0.15, -0.1) is 0 Å². The molecular formula is C28H23NO9. The number of aromatic hydroxyl groups is 4. The zero-order chi connectivity index (χ0) is 26.9. The van der Waals surface area contributed by atoms with Gasteiger partial charge in [-0.3, -0.25) is 0 Å². The van der Waals surface area contributed by atoms with Gasteiger partial charge in [0.15, 0.2) is 34.5 Å². The van der Waals surface area contributed by atoms with E-state index in [9.17, 15) is 25.2 Å². The number of ether oxygens (including phenoxy) is 3. The smallest absolute Gasteiger partial charge is 0.361 e. The minimum atomic E-state index is -0.624. The summed E-state index contributed by atoms with van der Waals surface area (Å²) in [5.41, 5.74) is 2.51. The summed E-state index contributed by atoms with van der Waals surface area (Å²) in [4.78, 5) is 13.4. The minimum Gasteiger partial charge on any atom is -0.504 e. The zero-order valence-electron chi connectivity index (χ0n) is 20.7. The summed E-state index contributed by atoms with van der Waals surface area (Å²) in [5, 5.41) is 43.3. The van der Waals surface area contributed by atoms with Crippen LogP contribution >= 0.6 is 0 Å². The number of phenols is 4. The Morgan fingerprint density at radius 1 is 0.842 bits per heavy atom. The Labute approximate surface area is 215 Å². The third-order valence-electron chi connectivity index (χ3n) is 7.08. The predicted octanol–water partition coefficient (Wildman–Crippen LogP) is 4.49. The van der Waals surface area contributed by atoms with Gasteiger partial charge in [-0.1, -0.05) is 6.07 Å². The van der Waals surface area contributed by atoms with Crippen LogP contribution < -0.4 is 19.8 Å². The molecule has 2 aromatic heterocycles. The predicted molar refractivity (Wildman–Crippen MR) is 139 cm³/mol. The Balaban J connectivity index is 1.86. The standard InChI is InChI=1S/C28H23NO9/c1-35-18-5-4-12(8-16(18)30)22-23-15-10-20(36-2)17(31)11-19(15)38-28(34)25(23)29-7-6-13-14(24(22)29)9-21(37-3)27(33)26(13)32/h4-5,8-11,30-33H,6-7H2,1-3H3. The SMILES string of the molecule is COc1ccc(-c2c3n(c4c(=O)oc5cc(O)c(OC)cc5c24)CCc2c-3cc(OC)c(O)c2O)cc1O. The van der Waals surface area contributed by atoms with Crippen LogP contribution in [0.1, 0.15) is 5.56 Å². The van der Waals surface area contributed by atoms with Gasteiger partial charge < -0.3 is 43.6 Å². The van der Waals surface area contributed by atoms with Crippen molar-refractivity contribution < 1.29 is 39.1 Å². The van der Waals surface area contributed by atoms with Crippen LogP contribution in [0.3, 0.4) is 0 Å². The molecule has 0 bridgehead atoms. The zero-order valence-corrected chi connectivity index (χ0v) is 20.7. The third kappa shape index (κ3) is 3.09. The monoisotopic (exact) mass is 517 g/mol. The topological polar surface area (TPSA) is 144 Å². The number of aromatic nitrogens is 1. The Kier molecular flexibility index (Phi) is 5.09. The van der Waals surface area contributed by atoms with E-state index in [1.165, 1.54) is 33.5 Å². The average Bonchev–Trinajstić information content (AvgIpc) is 3.26. The van der Waals surface area contributed by atoms with Crippen LogP contribution in [0.25, 0.3) is 44.3 Å². The lowest BCUT2D eigenvalue weighted by Crippen LogP contribution is -2.15. The van der Waals surface area contributed by atoms with E-state index in [0.717, 1.165) is 0 Å². The average molecular weight is 517 g/mol. The first-order valence-corrected chi connectivity index (χ1v) is 11.7. The lowest BCUT2D eigenvalue weighted by Gasteiger charge is -2.23. The van der Waals surface area contributed by atoms with Crippen molar-refractivity contribution in [3.63, 3.8) is 0 Å². The summed E-state index contributed by atoms with van der Waals surface area (Å²) < 4.78 is 23.3. The second-order valence-corrected chi connectivity index (χ2v) is 8.95. The van der Waals surface area contributed by atoms with E-state index < -0.39 is 5.63 Å². The molecule has 4 N–H and O–H groups in total. The quantitative estimate of drug-likeness (QED) is 0.200. The van der Waals surface area contributed by atoms with Crippen LogP contribution in [0.2, 0.25) is 0 Å². The van der Waals surface area contributed by atoms with Gasteiger partial charge in [0.2, 0.25) is 5.75 Å². The molecule has 0 saturated carbocycles. The van der Waals surface area contributed by atoms with E-state index >= 15 is 0 Å². The summed E-state index contributed by atoms with van der Waals surface area (Å²) >= 11 is 0. The van der Waals surface area contributed by atoms with Crippen LogP contribution in [0.15, 0.2) is 45.6 Å². The first-order chi connectivity index (χ1) is 18.3. The minimum absolute atomic E-state index is 0.0620. The molecule has 6 rings (SSSR count). The molecular weight excluding hydrogens is 494 g/mol. The molecule has 0 spiro atoms. The third-order valence-corrected chi connectivity index (χ3v) is 7.08. The first-order valence-electron chi connectivity index (χ1n) is 11.7. The highest BCUT2D eigenvalue weighted by molar-refractivity contribution is 6.17. The van der Waals surface area contributed by atoms with E-state index in [4.69, 9.17) is 18.6 Å². The van der Waals surface area contributed by atoms with Gasteiger partial charge in [0, 0.05) is 40.1 Å². The number of benzene rings is 3. The van der Waals surface area contributed by atoms with Gasteiger partial charge in [0.1, 0.15) is 11.1 Å². The van der Waals surface area contributed by atoms with Crippen molar-refractivity contribution in [1.29, 1.82) is 0 Å². The second-order valence-electron chi connectivity index (χ2n) is 8.95. The molecule has 0 unspecified atom stereocenters. The van der Waals surface area contributed by atoms with Crippen molar-refractivity contribution >= 4 is 21.9 Å². The molecule has 0 fully saturated rings. The van der Waals surface area contributed by atoms with Crippen LogP contribution in [-0.2, 0) is 13.0 Å². The molecule has 0 radical (unpaired) electrons. The van der Waals surface area contributed by atoms with E-state index in [-0.39, 0.29) is 51.3 Å². The van der Waals surface area contributed by atoms with Crippen LogP contribution in [-0.4, -0.2) is 46.3 Å². The van der Waals surface area contributed by atoms with E-state index in [2.05, 4.69) is 0 Å². The maximum Gasteiger partial charge on any atom is 0.361 e. The van der Waals surface area contributed by atoms with Gasteiger partial charge in [-0.2, -0.15) is 0 Å². The fourth-order valence-electron chi connectivity index (χ4n) is 5.38. The molecule has 0 amide bonds. The largest absolute Gasteiger partial charge is 0.504 e. The summed E-state index contributed by atoms with van der Waals surface area (Å²) in [5.74, 6) is -0.454. The van der Waals surface area contributed by atoms with Crippen molar-refractivity contribution in [3.8, 4) is 62.6 Å². The van der Waals surface area contributed by atoms with Gasteiger partial charge in [-0.25, -0.2) is 4.79 Å². The van der Waals surface area contributed by atoms with Crippen molar-refractivity contribution in [2.45, 2.75) is 13.0 Å². The Hall–Kier alpha value is -4.99. The Morgan fingerprint density at radius 2 is 1.55 bits per heavy atom. The molecule has 3 aromatic carbocycles. The van der Waals surface area contributed by atoms with Gasteiger partial charge in [0.25, 0.3) is 0 Å². The molecule has 10 nitrogen and oxygen atoms in total. The number of hydrogen-bond donors (Lipinski definition) is 4. The van der Waals surface area contributed by atoms with Crippen LogP contribution in [0.5, 0.6) is 40.2 Å². The van der Waals surface area contributed by atoms with E-state index in [1.54, 1.807) is 28.8 Å². The molecule has 1 aliphatic rings. The number of rotatable bonds is 4.